The smallest absolute Gasteiger partial charge is 0.326 e. The molecule has 9 nitrogen and oxygen atoms in total. The highest BCUT2D eigenvalue weighted by Gasteiger charge is 2.25. The van der Waals surface area contributed by atoms with E-state index in [1.54, 1.807) is 24.3 Å². The number of aromatic nitrogens is 1. The van der Waals surface area contributed by atoms with Gasteiger partial charge in [-0.05, 0) is 23.8 Å². The van der Waals surface area contributed by atoms with E-state index in [1.807, 2.05) is 61.6 Å². The molecule has 0 fully saturated rings. The van der Waals surface area contributed by atoms with Crippen LogP contribution in [0.1, 0.15) is 5.56 Å². The van der Waals surface area contributed by atoms with Crippen LogP contribution in [0.15, 0.2) is 83.3 Å². The largest absolute Gasteiger partial charge is 0.480 e. The highest BCUT2D eigenvalue weighted by molar-refractivity contribution is 6.11. The van der Waals surface area contributed by atoms with Gasteiger partial charge in [0.15, 0.2) is 0 Å². The zero-order valence-corrected chi connectivity index (χ0v) is 20.7. The summed E-state index contributed by atoms with van der Waals surface area (Å²) in [5, 5.41) is 19.6. The van der Waals surface area contributed by atoms with Crippen molar-refractivity contribution in [3.05, 3.63) is 84.4 Å². The van der Waals surface area contributed by atoms with Crippen LogP contribution in [-0.2, 0) is 27.9 Å². The number of furan rings is 1. The molecular weight excluding hydrogens is 484 g/mol. The van der Waals surface area contributed by atoms with Gasteiger partial charge in [-0.2, -0.15) is 4.57 Å². The summed E-state index contributed by atoms with van der Waals surface area (Å²) in [6, 6.07) is 23.5. The Hall–Kier alpha value is -4.92. The number of carbonyl (C=O) groups is 3. The van der Waals surface area contributed by atoms with Gasteiger partial charge in [-0.1, -0.05) is 54.6 Å². The molecule has 0 saturated carbocycles. The first-order valence-electron chi connectivity index (χ1n) is 12.2. The van der Waals surface area contributed by atoms with E-state index in [-0.39, 0.29) is 19.5 Å². The third-order valence-corrected chi connectivity index (χ3v) is 6.45. The van der Waals surface area contributed by atoms with E-state index < -0.39 is 23.8 Å². The van der Waals surface area contributed by atoms with E-state index in [0.717, 1.165) is 33.0 Å². The second-order valence-corrected chi connectivity index (χ2v) is 9.01. The number of pyridine rings is 1. The molecule has 1 atom stereocenters. The number of benzene rings is 3. The van der Waals surface area contributed by atoms with Crippen molar-refractivity contribution in [2.75, 3.05) is 18.4 Å². The van der Waals surface area contributed by atoms with E-state index in [4.69, 9.17) is 4.42 Å². The second kappa shape index (κ2) is 10.6. The van der Waals surface area contributed by atoms with Crippen molar-refractivity contribution in [1.82, 2.24) is 10.6 Å². The summed E-state index contributed by atoms with van der Waals surface area (Å²) >= 11 is 0. The number of anilines is 1. The van der Waals surface area contributed by atoms with Gasteiger partial charge in [0, 0.05) is 12.5 Å². The Morgan fingerprint density at radius 1 is 0.868 bits per heavy atom. The quantitative estimate of drug-likeness (QED) is 0.226. The molecule has 0 aliphatic heterocycles. The zero-order chi connectivity index (χ0) is 26.6. The topological polar surface area (TPSA) is 125 Å². The average Bonchev–Trinajstić information content (AvgIpc) is 3.32. The van der Waals surface area contributed by atoms with Crippen molar-refractivity contribution in [1.29, 1.82) is 0 Å². The molecule has 0 saturated heterocycles. The number of para-hydroxylation sites is 2. The number of aliphatic carboxylic acids is 1. The molecule has 3 aromatic carbocycles. The highest BCUT2D eigenvalue weighted by Crippen LogP contribution is 2.35. The molecule has 0 bridgehead atoms. The molecule has 192 valence electrons. The standard InChI is InChI=1S/C29H26N4O5/c1-33-22-13-7-5-11-19(22)26(28-27(33)20-12-6-8-14-23(20)38-28)31-16-24(34)30-17-25(35)32-21(29(36)37)15-18-9-3-2-4-10-18/h2-14,21H,15-17H2,1H3,(H3,30,32,34,35,36,37)/p+1. The van der Waals surface area contributed by atoms with Gasteiger partial charge in [-0.3, -0.25) is 9.59 Å². The molecule has 2 aromatic heterocycles. The van der Waals surface area contributed by atoms with Gasteiger partial charge in [0.1, 0.15) is 18.7 Å². The van der Waals surface area contributed by atoms with Crippen molar-refractivity contribution in [2.24, 2.45) is 7.05 Å². The molecule has 38 heavy (non-hydrogen) atoms. The number of carbonyl (C=O) groups excluding carboxylic acids is 2. The predicted molar refractivity (Wildman–Crippen MR) is 144 cm³/mol. The summed E-state index contributed by atoms with van der Waals surface area (Å²) in [4.78, 5) is 36.6. The number of carboxylic acids is 1. The number of rotatable bonds is 9. The van der Waals surface area contributed by atoms with Crippen LogP contribution in [-0.4, -0.2) is 42.0 Å². The maximum Gasteiger partial charge on any atom is 0.326 e. The molecular formula is C29H27N4O5+. The maximum absolute atomic E-state index is 12.6. The Balaban J connectivity index is 1.28. The van der Waals surface area contributed by atoms with Crippen molar-refractivity contribution >= 4 is 56.4 Å². The first-order chi connectivity index (χ1) is 18.4. The molecule has 2 heterocycles. The Bertz CT molecular complexity index is 1660. The lowest BCUT2D eigenvalue weighted by Crippen LogP contribution is -2.47. The van der Waals surface area contributed by atoms with E-state index in [9.17, 15) is 19.5 Å². The van der Waals surface area contributed by atoms with Crippen molar-refractivity contribution in [3.8, 4) is 0 Å². The van der Waals surface area contributed by atoms with Crippen LogP contribution in [0.5, 0.6) is 0 Å². The third-order valence-electron chi connectivity index (χ3n) is 6.45. The van der Waals surface area contributed by atoms with Gasteiger partial charge in [0.2, 0.25) is 22.9 Å². The summed E-state index contributed by atoms with van der Waals surface area (Å²) in [5.74, 6) is -2.15. The van der Waals surface area contributed by atoms with Gasteiger partial charge in [-0.25, -0.2) is 4.79 Å². The summed E-state index contributed by atoms with van der Waals surface area (Å²) in [6.45, 7) is -0.451. The molecule has 0 spiro atoms. The maximum atomic E-state index is 12.6. The number of aryl methyl sites for hydroxylation is 1. The van der Waals surface area contributed by atoms with E-state index >= 15 is 0 Å². The van der Waals surface area contributed by atoms with Crippen LogP contribution in [0.3, 0.4) is 0 Å². The Kier molecular flexibility index (Phi) is 6.90. The number of amides is 2. The van der Waals surface area contributed by atoms with Gasteiger partial charge < -0.3 is 25.5 Å². The summed E-state index contributed by atoms with van der Waals surface area (Å²) in [7, 11) is 1.98. The number of hydrogen-bond acceptors (Lipinski definition) is 5. The average molecular weight is 512 g/mol. The summed E-state index contributed by atoms with van der Waals surface area (Å²) < 4.78 is 8.25. The molecule has 0 radical (unpaired) electrons. The van der Waals surface area contributed by atoms with Gasteiger partial charge in [0.25, 0.3) is 5.52 Å². The Morgan fingerprint density at radius 3 is 2.32 bits per heavy atom. The van der Waals surface area contributed by atoms with Gasteiger partial charge in [0.05, 0.1) is 29.5 Å². The van der Waals surface area contributed by atoms with Gasteiger partial charge >= 0.3 is 5.97 Å². The van der Waals surface area contributed by atoms with Crippen LogP contribution in [0.2, 0.25) is 0 Å². The molecule has 5 rings (SSSR count). The number of fused-ring (bicyclic) bond motifs is 4. The molecule has 4 N–H and O–H groups in total. The minimum absolute atomic E-state index is 0.108. The molecule has 2 amide bonds. The monoisotopic (exact) mass is 511 g/mol. The normalized spacial score (nSPS) is 11.9. The summed E-state index contributed by atoms with van der Waals surface area (Å²) in [6.07, 6.45) is 0.142. The molecule has 1 unspecified atom stereocenters. The first kappa shape index (κ1) is 24.8. The fourth-order valence-electron chi connectivity index (χ4n) is 4.64. The Morgan fingerprint density at radius 2 is 1.55 bits per heavy atom. The van der Waals surface area contributed by atoms with Gasteiger partial charge in [-0.15, -0.1) is 0 Å². The number of nitrogens with zero attached hydrogens (tertiary/aromatic N) is 1. The fourth-order valence-corrected chi connectivity index (χ4v) is 4.64. The lowest BCUT2D eigenvalue weighted by molar-refractivity contribution is -0.616. The highest BCUT2D eigenvalue weighted by atomic mass is 16.4. The van der Waals surface area contributed by atoms with Crippen LogP contribution in [0.4, 0.5) is 5.69 Å². The zero-order valence-electron chi connectivity index (χ0n) is 20.7. The first-order valence-corrected chi connectivity index (χ1v) is 12.2. The lowest BCUT2D eigenvalue weighted by Gasteiger charge is -2.15. The van der Waals surface area contributed by atoms with E-state index in [0.29, 0.717) is 11.3 Å². The lowest BCUT2D eigenvalue weighted by atomic mass is 10.1. The third kappa shape index (κ3) is 4.99. The van der Waals surface area contributed by atoms with E-state index in [1.165, 1.54) is 0 Å². The van der Waals surface area contributed by atoms with Crippen molar-refractivity contribution in [3.63, 3.8) is 0 Å². The SMILES string of the molecule is C[n+]1c2ccccc2c(NCC(=O)NCC(=O)NC(Cc2ccccc2)C(=O)O)c2oc3ccccc3c21. The molecule has 0 aliphatic carbocycles. The fraction of sp³-hybridized carbons (Fsp3) is 0.172. The van der Waals surface area contributed by atoms with Crippen LogP contribution >= 0.6 is 0 Å². The molecule has 9 heteroatoms. The predicted octanol–water partition coefficient (Wildman–Crippen LogP) is 2.90. The number of hydrogen-bond donors (Lipinski definition) is 4. The van der Waals surface area contributed by atoms with Crippen molar-refractivity contribution in [2.45, 2.75) is 12.5 Å². The summed E-state index contributed by atoms with van der Waals surface area (Å²) in [5.41, 5.74) is 4.70. The minimum Gasteiger partial charge on any atom is -0.480 e. The number of nitrogens with one attached hydrogen (secondary N) is 3. The molecule has 0 aliphatic rings. The second-order valence-electron chi connectivity index (χ2n) is 9.01. The van der Waals surface area contributed by atoms with Crippen molar-refractivity contribution < 1.29 is 28.5 Å². The minimum atomic E-state index is -1.14. The molecule has 5 aromatic rings. The van der Waals surface area contributed by atoms with E-state index in [2.05, 4.69) is 20.5 Å². The number of carboxylic acid groups (broad SMARTS) is 1. The Labute approximate surface area is 218 Å². The van der Waals surface area contributed by atoms with Crippen LogP contribution in [0, 0.1) is 0 Å². The van der Waals surface area contributed by atoms with Crippen LogP contribution in [0.25, 0.3) is 33.0 Å². The van der Waals surface area contributed by atoms with Crippen LogP contribution < -0.4 is 20.5 Å².